The molecule has 4 aromatic heterocycles. The lowest BCUT2D eigenvalue weighted by atomic mass is 10.1. The lowest BCUT2D eigenvalue weighted by Crippen LogP contribution is -1.92. The highest BCUT2D eigenvalue weighted by molar-refractivity contribution is 5.92. The largest absolute Gasteiger partial charge is 0.282 e. The van der Waals surface area contributed by atoms with Gasteiger partial charge in [-0.15, -0.1) is 10.2 Å². The van der Waals surface area contributed by atoms with Crippen LogP contribution in [-0.4, -0.2) is 24.6 Å². The number of hydrogen-bond acceptors (Lipinski definition) is 4. The van der Waals surface area contributed by atoms with E-state index in [9.17, 15) is 0 Å². The highest BCUT2D eigenvalue weighted by atomic mass is 15.2. The Bertz CT molecular complexity index is 1190. The van der Waals surface area contributed by atoms with E-state index in [1.165, 1.54) is 0 Å². The van der Waals surface area contributed by atoms with Crippen molar-refractivity contribution in [3.8, 4) is 22.5 Å². The van der Waals surface area contributed by atoms with Crippen LogP contribution in [0.1, 0.15) is 0 Å². The van der Waals surface area contributed by atoms with E-state index in [0.717, 1.165) is 39.1 Å². The molecule has 0 unspecified atom stereocenters. The van der Waals surface area contributed by atoms with Gasteiger partial charge in [0.1, 0.15) is 0 Å². The van der Waals surface area contributed by atoms with Crippen LogP contribution in [0.4, 0.5) is 0 Å². The highest BCUT2D eigenvalue weighted by Crippen LogP contribution is 2.27. The molecule has 25 heavy (non-hydrogen) atoms. The molecule has 0 saturated heterocycles. The second-order valence-electron chi connectivity index (χ2n) is 5.78. The second kappa shape index (κ2) is 5.49. The minimum Gasteiger partial charge on any atom is -0.282 e. The van der Waals surface area contributed by atoms with Gasteiger partial charge in [-0.25, -0.2) is 0 Å². The molecule has 1 aromatic carbocycles. The SMILES string of the molecule is c1ccc2c(-c3nnc4cc(-c5ccncc5)ccn34)ccnc2c1. The summed E-state index contributed by atoms with van der Waals surface area (Å²) in [4.78, 5) is 8.49. The van der Waals surface area contributed by atoms with Gasteiger partial charge in [-0.2, -0.15) is 0 Å². The van der Waals surface area contributed by atoms with Crippen molar-refractivity contribution in [2.24, 2.45) is 0 Å². The summed E-state index contributed by atoms with van der Waals surface area (Å²) in [5.41, 5.74) is 4.98. The van der Waals surface area contributed by atoms with Crippen LogP contribution < -0.4 is 0 Å². The predicted molar refractivity (Wildman–Crippen MR) is 97.0 cm³/mol. The second-order valence-corrected chi connectivity index (χ2v) is 5.78. The van der Waals surface area contributed by atoms with E-state index in [2.05, 4.69) is 32.3 Å². The molecule has 118 valence electrons. The third kappa shape index (κ3) is 2.25. The minimum atomic E-state index is 0.810. The van der Waals surface area contributed by atoms with Gasteiger partial charge in [0.15, 0.2) is 11.5 Å². The molecule has 0 radical (unpaired) electrons. The molecule has 0 atom stereocenters. The van der Waals surface area contributed by atoms with Gasteiger partial charge in [-0.1, -0.05) is 18.2 Å². The molecule has 0 fully saturated rings. The van der Waals surface area contributed by atoms with E-state index < -0.39 is 0 Å². The monoisotopic (exact) mass is 323 g/mol. The van der Waals surface area contributed by atoms with Gasteiger partial charge in [0.05, 0.1) is 5.52 Å². The molecule has 0 aliphatic heterocycles. The Morgan fingerprint density at radius 1 is 0.760 bits per heavy atom. The third-order valence-electron chi connectivity index (χ3n) is 4.31. The molecule has 0 saturated carbocycles. The van der Waals surface area contributed by atoms with Crippen molar-refractivity contribution in [3.05, 3.63) is 79.4 Å². The van der Waals surface area contributed by atoms with E-state index in [-0.39, 0.29) is 0 Å². The number of pyridine rings is 3. The van der Waals surface area contributed by atoms with Crippen molar-refractivity contribution in [2.45, 2.75) is 0 Å². The molecule has 0 amide bonds. The van der Waals surface area contributed by atoms with Gasteiger partial charge < -0.3 is 0 Å². The quantitative estimate of drug-likeness (QED) is 0.492. The number of para-hydroxylation sites is 1. The van der Waals surface area contributed by atoms with Crippen LogP contribution in [0.2, 0.25) is 0 Å². The van der Waals surface area contributed by atoms with E-state index >= 15 is 0 Å². The van der Waals surface area contributed by atoms with E-state index in [4.69, 9.17) is 0 Å². The van der Waals surface area contributed by atoms with E-state index in [1.807, 2.05) is 59.3 Å². The van der Waals surface area contributed by atoms with Crippen LogP contribution in [0, 0.1) is 0 Å². The Morgan fingerprint density at radius 3 is 2.56 bits per heavy atom. The molecule has 0 spiro atoms. The molecular formula is C20H13N5. The van der Waals surface area contributed by atoms with Gasteiger partial charge in [0.25, 0.3) is 0 Å². The Labute approximate surface area is 143 Å². The molecule has 5 nitrogen and oxygen atoms in total. The standard InChI is InChI=1S/C20H13N5/c1-2-4-18-16(3-1)17(7-11-22-18)20-24-23-19-13-15(8-12-25(19)20)14-5-9-21-10-6-14/h1-13H. The fourth-order valence-corrected chi connectivity index (χ4v) is 3.09. The summed E-state index contributed by atoms with van der Waals surface area (Å²) in [5.74, 6) is 0.815. The molecule has 0 aliphatic carbocycles. The number of nitrogens with zero attached hydrogens (tertiary/aromatic N) is 5. The average molecular weight is 323 g/mol. The first-order valence-corrected chi connectivity index (χ1v) is 7.99. The summed E-state index contributed by atoms with van der Waals surface area (Å²) in [6.45, 7) is 0. The smallest absolute Gasteiger partial charge is 0.169 e. The molecule has 5 rings (SSSR count). The Kier molecular flexibility index (Phi) is 3.03. The lowest BCUT2D eigenvalue weighted by molar-refractivity contribution is 1.11. The summed E-state index contributed by atoms with van der Waals surface area (Å²) < 4.78 is 2.01. The lowest BCUT2D eigenvalue weighted by Gasteiger charge is -2.06. The first kappa shape index (κ1) is 13.8. The zero-order chi connectivity index (χ0) is 16.6. The normalized spacial score (nSPS) is 11.2. The highest BCUT2D eigenvalue weighted by Gasteiger charge is 2.12. The maximum Gasteiger partial charge on any atom is 0.169 e. The van der Waals surface area contributed by atoms with Crippen molar-refractivity contribution in [1.82, 2.24) is 24.6 Å². The van der Waals surface area contributed by atoms with Crippen molar-refractivity contribution in [3.63, 3.8) is 0 Å². The van der Waals surface area contributed by atoms with Crippen LogP contribution in [0.5, 0.6) is 0 Å². The number of aromatic nitrogens is 5. The first-order chi connectivity index (χ1) is 12.4. The van der Waals surface area contributed by atoms with Crippen molar-refractivity contribution in [1.29, 1.82) is 0 Å². The number of hydrogen-bond donors (Lipinski definition) is 0. The molecule has 5 heteroatoms. The van der Waals surface area contributed by atoms with Crippen LogP contribution in [0.15, 0.2) is 79.4 Å². The summed E-state index contributed by atoms with van der Waals surface area (Å²) in [6.07, 6.45) is 7.40. The van der Waals surface area contributed by atoms with Gasteiger partial charge in [0, 0.05) is 35.7 Å². The van der Waals surface area contributed by atoms with Crippen LogP contribution in [0.3, 0.4) is 0 Å². The first-order valence-electron chi connectivity index (χ1n) is 7.99. The third-order valence-corrected chi connectivity index (χ3v) is 4.31. The van der Waals surface area contributed by atoms with Crippen molar-refractivity contribution < 1.29 is 0 Å². The van der Waals surface area contributed by atoms with Gasteiger partial charge in [-0.05, 0) is 47.5 Å². The van der Waals surface area contributed by atoms with Crippen LogP contribution >= 0.6 is 0 Å². The predicted octanol–water partition coefficient (Wildman–Crippen LogP) is 4.01. The Morgan fingerprint density at radius 2 is 1.64 bits per heavy atom. The summed E-state index contributed by atoms with van der Waals surface area (Å²) in [6, 6.07) is 18.1. The van der Waals surface area contributed by atoms with E-state index in [0.29, 0.717) is 0 Å². The van der Waals surface area contributed by atoms with Crippen LogP contribution in [0.25, 0.3) is 39.1 Å². The molecule has 0 N–H and O–H groups in total. The zero-order valence-corrected chi connectivity index (χ0v) is 13.2. The Balaban J connectivity index is 1.70. The van der Waals surface area contributed by atoms with E-state index in [1.54, 1.807) is 12.4 Å². The average Bonchev–Trinajstić information content (AvgIpc) is 3.11. The minimum absolute atomic E-state index is 0.810. The molecular weight excluding hydrogens is 310 g/mol. The van der Waals surface area contributed by atoms with Crippen LogP contribution in [-0.2, 0) is 0 Å². The van der Waals surface area contributed by atoms with Crippen molar-refractivity contribution >= 4 is 16.6 Å². The molecule has 5 aromatic rings. The summed E-state index contributed by atoms with van der Waals surface area (Å²) in [5, 5.41) is 9.86. The number of fused-ring (bicyclic) bond motifs is 2. The fraction of sp³-hybridized carbons (Fsp3) is 0. The summed E-state index contributed by atoms with van der Waals surface area (Å²) >= 11 is 0. The fourth-order valence-electron chi connectivity index (χ4n) is 3.09. The Hall–Kier alpha value is -3.60. The molecule has 0 bridgehead atoms. The van der Waals surface area contributed by atoms with Gasteiger partial charge in [-0.3, -0.25) is 14.4 Å². The van der Waals surface area contributed by atoms with Gasteiger partial charge in [0.2, 0.25) is 0 Å². The van der Waals surface area contributed by atoms with Gasteiger partial charge >= 0.3 is 0 Å². The summed E-state index contributed by atoms with van der Waals surface area (Å²) in [7, 11) is 0. The van der Waals surface area contributed by atoms with Crippen molar-refractivity contribution in [2.75, 3.05) is 0 Å². The maximum absolute atomic E-state index is 4.42. The topological polar surface area (TPSA) is 56.0 Å². The maximum atomic E-state index is 4.42. The number of benzene rings is 1. The molecule has 0 aliphatic rings. The number of rotatable bonds is 2. The zero-order valence-electron chi connectivity index (χ0n) is 13.2. The molecule has 4 heterocycles.